The molecule has 13 heavy (non-hydrogen) atoms. The van der Waals surface area contributed by atoms with Crippen LogP contribution in [-0.2, 0) is 0 Å². The van der Waals surface area contributed by atoms with Gasteiger partial charge in [-0.2, -0.15) is 0 Å². The van der Waals surface area contributed by atoms with Gasteiger partial charge in [0, 0.05) is 10.9 Å². The first kappa shape index (κ1) is 10.5. The number of hydrogen-bond acceptors (Lipinski definition) is 2. The van der Waals surface area contributed by atoms with Crippen molar-refractivity contribution in [2.24, 2.45) is 0 Å². The molecule has 72 valence electrons. The molecule has 2 heteroatoms. The highest BCUT2D eigenvalue weighted by atomic mass is 32.1. The van der Waals surface area contributed by atoms with Gasteiger partial charge in [-0.05, 0) is 43.8 Å². The minimum Gasteiger partial charge on any atom is -0.312 e. The average molecular weight is 195 g/mol. The number of allylic oxidation sites excluding steroid dienone is 1. The van der Waals surface area contributed by atoms with E-state index >= 15 is 0 Å². The van der Waals surface area contributed by atoms with Crippen LogP contribution in [0.25, 0.3) is 0 Å². The van der Waals surface area contributed by atoms with E-state index in [1.165, 1.54) is 10.4 Å². The van der Waals surface area contributed by atoms with Crippen LogP contribution in [0.5, 0.6) is 0 Å². The van der Waals surface area contributed by atoms with Crippen molar-refractivity contribution in [2.45, 2.75) is 25.8 Å². The van der Waals surface area contributed by atoms with Crippen LogP contribution in [0, 0.1) is 6.92 Å². The van der Waals surface area contributed by atoms with Crippen LogP contribution >= 0.6 is 11.3 Å². The maximum absolute atomic E-state index is 3.75. The molecule has 0 aliphatic carbocycles. The van der Waals surface area contributed by atoms with Gasteiger partial charge in [0.2, 0.25) is 0 Å². The normalized spacial score (nSPS) is 12.8. The second kappa shape index (κ2) is 5.20. The smallest absolute Gasteiger partial charge is 0.0417 e. The highest BCUT2D eigenvalue weighted by Gasteiger charge is 2.11. The first-order valence-electron chi connectivity index (χ1n) is 4.61. The summed E-state index contributed by atoms with van der Waals surface area (Å²) in [5.74, 6) is 0. The predicted octanol–water partition coefficient (Wildman–Crippen LogP) is 3.28. The van der Waals surface area contributed by atoms with E-state index in [1.807, 2.05) is 24.5 Å². The first-order valence-corrected chi connectivity index (χ1v) is 5.49. The molecule has 0 saturated heterocycles. The highest BCUT2D eigenvalue weighted by molar-refractivity contribution is 7.10. The fourth-order valence-corrected chi connectivity index (χ4v) is 2.51. The van der Waals surface area contributed by atoms with E-state index in [2.05, 4.69) is 30.3 Å². The van der Waals surface area contributed by atoms with Crippen molar-refractivity contribution >= 4 is 11.3 Å². The molecular formula is C11H17NS. The molecule has 0 aliphatic heterocycles. The molecule has 1 aromatic rings. The van der Waals surface area contributed by atoms with E-state index in [4.69, 9.17) is 0 Å². The zero-order chi connectivity index (χ0) is 9.68. The first-order chi connectivity index (χ1) is 6.29. The van der Waals surface area contributed by atoms with Gasteiger partial charge in [-0.15, -0.1) is 17.9 Å². The fourth-order valence-electron chi connectivity index (χ4n) is 1.43. The second-order valence-corrected chi connectivity index (χ2v) is 4.12. The van der Waals surface area contributed by atoms with Gasteiger partial charge in [-0.3, -0.25) is 0 Å². The van der Waals surface area contributed by atoms with Gasteiger partial charge >= 0.3 is 0 Å². The molecule has 0 bridgehead atoms. The molecule has 1 nitrogen and oxygen atoms in total. The molecule has 1 N–H and O–H groups in total. The third-order valence-corrected chi connectivity index (χ3v) is 3.36. The lowest BCUT2D eigenvalue weighted by molar-refractivity contribution is 0.561. The molecule has 1 unspecified atom stereocenters. The quantitative estimate of drug-likeness (QED) is 0.711. The van der Waals surface area contributed by atoms with Crippen molar-refractivity contribution in [1.29, 1.82) is 0 Å². The Hall–Kier alpha value is -0.600. The molecule has 0 aliphatic rings. The van der Waals surface area contributed by atoms with Gasteiger partial charge in [-0.1, -0.05) is 6.08 Å². The largest absolute Gasteiger partial charge is 0.312 e. The number of thiophene rings is 1. The summed E-state index contributed by atoms with van der Waals surface area (Å²) < 4.78 is 0. The van der Waals surface area contributed by atoms with Crippen molar-refractivity contribution in [3.05, 3.63) is 34.5 Å². The molecule has 0 fully saturated rings. The maximum Gasteiger partial charge on any atom is 0.0417 e. The molecule has 0 radical (unpaired) electrons. The lowest BCUT2D eigenvalue weighted by Gasteiger charge is -2.14. The minimum atomic E-state index is 0.498. The number of rotatable bonds is 5. The van der Waals surface area contributed by atoms with Crippen molar-refractivity contribution in [3.63, 3.8) is 0 Å². The summed E-state index contributed by atoms with van der Waals surface area (Å²) in [6, 6.07) is 2.68. The molecule has 1 aromatic heterocycles. The Labute approximate surface area is 84.5 Å². The van der Waals surface area contributed by atoms with Crippen LogP contribution < -0.4 is 5.32 Å². The molecule has 0 spiro atoms. The van der Waals surface area contributed by atoms with Crippen molar-refractivity contribution in [2.75, 3.05) is 7.05 Å². The summed E-state index contributed by atoms with van der Waals surface area (Å²) in [4.78, 5) is 1.46. The Morgan fingerprint density at radius 3 is 2.92 bits per heavy atom. The summed E-state index contributed by atoms with van der Waals surface area (Å²) in [5.41, 5.74) is 1.40. The van der Waals surface area contributed by atoms with E-state index in [-0.39, 0.29) is 0 Å². The van der Waals surface area contributed by atoms with E-state index in [0.717, 1.165) is 12.8 Å². The van der Waals surface area contributed by atoms with Crippen LogP contribution in [0.4, 0.5) is 0 Å². The average Bonchev–Trinajstić information content (AvgIpc) is 2.54. The lowest BCUT2D eigenvalue weighted by atomic mass is 10.1. The van der Waals surface area contributed by atoms with Crippen molar-refractivity contribution in [3.8, 4) is 0 Å². The van der Waals surface area contributed by atoms with Crippen molar-refractivity contribution < 1.29 is 0 Å². The SMILES string of the molecule is C=CCCC(NC)c1sccc1C. The van der Waals surface area contributed by atoms with E-state index in [9.17, 15) is 0 Å². The third kappa shape index (κ3) is 2.68. The third-order valence-electron chi connectivity index (χ3n) is 2.23. The van der Waals surface area contributed by atoms with Gasteiger partial charge in [0.25, 0.3) is 0 Å². The fraction of sp³-hybridized carbons (Fsp3) is 0.455. The molecular weight excluding hydrogens is 178 g/mol. The van der Waals surface area contributed by atoms with Crippen molar-refractivity contribution in [1.82, 2.24) is 5.32 Å². The molecule has 1 atom stereocenters. The Kier molecular flexibility index (Phi) is 4.19. The minimum absolute atomic E-state index is 0.498. The van der Waals surface area contributed by atoms with Gasteiger partial charge in [0.1, 0.15) is 0 Å². The predicted molar refractivity (Wildman–Crippen MR) is 60.3 cm³/mol. The number of aryl methyl sites for hydroxylation is 1. The summed E-state index contributed by atoms with van der Waals surface area (Å²) >= 11 is 1.84. The summed E-state index contributed by atoms with van der Waals surface area (Å²) in [6.07, 6.45) is 4.19. The van der Waals surface area contributed by atoms with Crippen LogP contribution in [0.15, 0.2) is 24.1 Å². The van der Waals surface area contributed by atoms with Gasteiger partial charge in [0.05, 0.1) is 0 Å². The summed E-state index contributed by atoms with van der Waals surface area (Å²) in [5, 5.41) is 5.50. The van der Waals surface area contributed by atoms with E-state index in [1.54, 1.807) is 0 Å². The van der Waals surface area contributed by atoms with Crippen LogP contribution in [0.2, 0.25) is 0 Å². The highest BCUT2D eigenvalue weighted by Crippen LogP contribution is 2.26. The van der Waals surface area contributed by atoms with Crippen LogP contribution in [0.1, 0.15) is 29.3 Å². The Balaban J connectivity index is 2.66. The van der Waals surface area contributed by atoms with Crippen LogP contribution in [-0.4, -0.2) is 7.05 Å². The van der Waals surface area contributed by atoms with Gasteiger partial charge in [-0.25, -0.2) is 0 Å². The Morgan fingerprint density at radius 2 is 2.46 bits per heavy atom. The zero-order valence-electron chi connectivity index (χ0n) is 8.34. The lowest BCUT2D eigenvalue weighted by Crippen LogP contribution is -2.15. The summed E-state index contributed by atoms with van der Waals surface area (Å²) in [7, 11) is 2.02. The second-order valence-electron chi connectivity index (χ2n) is 3.18. The Morgan fingerprint density at radius 1 is 1.69 bits per heavy atom. The molecule has 1 heterocycles. The number of hydrogen-bond donors (Lipinski definition) is 1. The molecule has 1 rings (SSSR count). The van der Waals surface area contributed by atoms with Gasteiger partial charge in [0.15, 0.2) is 0 Å². The van der Waals surface area contributed by atoms with E-state index in [0.29, 0.717) is 6.04 Å². The zero-order valence-corrected chi connectivity index (χ0v) is 9.16. The molecule has 0 saturated carbocycles. The molecule has 0 aromatic carbocycles. The van der Waals surface area contributed by atoms with Crippen LogP contribution in [0.3, 0.4) is 0 Å². The maximum atomic E-state index is 3.75. The van der Waals surface area contributed by atoms with E-state index < -0.39 is 0 Å². The standard InChI is InChI=1S/C11H17NS/c1-4-5-6-10(12-3)11-9(2)7-8-13-11/h4,7-8,10,12H,1,5-6H2,2-3H3. The van der Waals surface area contributed by atoms with Gasteiger partial charge < -0.3 is 5.32 Å². The Bertz CT molecular complexity index is 265. The number of nitrogens with one attached hydrogen (secondary N) is 1. The summed E-state index contributed by atoms with van der Waals surface area (Å²) in [6.45, 7) is 5.92. The topological polar surface area (TPSA) is 12.0 Å². The molecule has 0 amide bonds. The monoisotopic (exact) mass is 195 g/mol.